The van der Waals surface area contributed by atoms with Gasteiger partial charge in [-0.1, -0.05) is 6.07 Å². The predicted molar refractivity (Wildman–Crippen MR) is 78.3 cm³/mol. The van der Waals surface area contributed by atoms with Gasteiger partial charge in [0.2, 0.25) is 0 Å². The maximum atomic E-state index is 13.0. The summed E-state index contributed by atoms with van der Waals surface area (Å²) in [4.78, 5) is 4.11. The van der Waals surface area contributed by atoms with Gasteiger partial charge in [-0.05, 0) is 42.5 Å². The number of ether oxygens (including phenoxy) is 1. The molecule has 0 bridgehead atoms. The van der Waals surface area contributed by atoms with Gasteiger partial charge >= 0.3 is 6.18 Å². The van der Waals surface area contributed by atoms with E-state index >= 15 is 0 Å². The molecule has 3 rings (SSSR count). The van der Waals surface area contributed by atoms with E-state index < -0.39 is 11.9 Å². The lowest BCUT2D eigenvalue weighted by molar-refractivity contribution is -0.141. The van der Waals surface area contributed by atoms with E-state index in [-0.39, 0.29) is 5.69 Å². The molecule has 4 nitrogen and oxygen atoms in total. The summed E-state index contributed by atoms with van der Waals surface area (Å²) >= 11 is 0. The third kappa shape index (κ3) is 3.03. The fourth-order valence-corrected chi connectivity index (χ4v) is 2.14. The Morgan fingerprint density at radius 2 is 1.78 bits per heavy atom. The maximum Gasteiger partial charge on any atom is 0.435 e. The smallest absolute Gasteiger partial charge is 0.435 e. The molecule has 0 aliphatic carbocycles. The number of nitrogens with zero attached hydrogens (tertiary/aromatic N) is 3. The summed E-state index contributed by atoms with van der Waals surface area (Å²) in [5, 5.41) is 3.69. The molecule has 0 spiro atoms. The lowest BCUT2D eigenvalue weighted by Crippen LogP contribution is -2.07. The van der Waals surface area contributed by atoms with E-state index in [1.807, 2.05) is 0 Å². The molecule has 7 heteroatoms. The number of benzene rings is 1. The van der Waals surface area contributed by atoms with Gasteiger partial charge in [-0.2, -0.15) is 18.3 Å². The normalized spacial score (nSPS) is 11.5. The first-order chi connectivity index (χ1) is 11.0. The zero-order chi connectivity index (χ0) is 16.4. The third-order valence-electron chi connectivity index (χ3n) is 3.24. The topological polar surface area (TPSA) is 39.9 Å². The lowest BCUT2D eigenvalue weighted by Gasteiger charge is -2.08. The van der Waals surface area contributed by atoms with Crippen molar-refractivity contribution >= 4 is 0 Å². The number of rotatable bonds is 3. The summed E-state index contributed by atoms with van der Waals surface area (Å²) < 4.78 is 45.3. The molecule has 3 aromatic rings. The molecule has 118 valence electrons. The second-order valence-electron chi connectivity index (χ2n) is 4.74. The van der Waals surface area contributed by atoms with E-state index in [9.17, 15) is 13.2 Å². The van der Waals surface area contributed by atoms with Gasteiger partial charge in [-0.25, -0.2) is 4.68 Å². The Balaban J connectivity index is 2.15. The van der Waals surface area contributed by atoms with Crippen molar-refractivity contribution in [2.45, 2.75) is 6.18 Å². The fraction of sp³-hybridized carbons (Fsp3) is 0.125. The van der Waals surface area contributed by atoms with E-state index in [1.54, 1.807) is 42.5 Å². The molecule has 2 aromatic heterocycles. The second kappa shape index (κ2) is 5.75. The van der Waals surface area contributed by atoms with Gasteiger partial charge in [0.15, 0.2) is 5.69 Å². The Bertz CT molecular complexity index is 796. The number of aromatic nitrogens is 3. The molecule has 0 aliphatic rings. The van der Waals surface area contributed by atoms with Crippen molar-refractivity contribution in [1.82, 2.24) is 14.8 Å². The van der Waals surface area contributed by atoms with Crippen LogP contribution >= 0.6 is 0 Å². The van der Waals surface area contributed by atoms with E-state index in [4.69, 9.17) is 4.74 Å². The molecular formula is C16H12F3N3O. The van der Waals surface area contributed by atoms with Crippen LogP contribution in [-0.2, 0) is 6.18 Å². The van der Waals surface area contributed by atoms with Crippen LogP contribution in [0.1, 0.15) is 5.69 Å². The zero-order valence-electron chi connectivity index (χ0n) is 12.1. The predicted octanol–water partition coefficient (Wildman–Crippen LogP) is 3.96. The van der Waals surface area contributed by atoms with Gasteiger partial charge in [0, 0.05) is 6.20 Å². The number of halogens is 3. The molecule has 0 saturated carbocycles. The molecule has 0 N–H and O–H groups in total. The Morgan fingerprint density at radius 1 is 1.04 bits per heavy atom. The van der Waals surface area contributed by atoms with Crippen LogP contribution in [0.2, 0.25) is 0 Å². The molecule has 0 unspecified atom stereocenters. The molecule has 1 aromatic carbocycles. The van der Waals surface area contributed by atoms with Crippen LogP contribution < -0.4 is 4.74 Å². The van der Waals surface area contributed by atoms with Gasteiger partial charge in [0.25, 0.3) is 0 Å². The minimum Gasteiger partial charge on any atom is -0.497 e. The van der Waals surface area contributed by atoms with E-state index in [1.165, 1.54) is 18.0 Å². The molecular weight excluding hydrogens is 307 g/mol. The second-order valence-corrected chi connectivity index (χ2v) is 4.74. The summed E-state index contributed by atoms with van der Waals surface area (Å²) in [7, 11) is 1.52. The standard InChI is InChI=1S/C16H12F3N3O/c1-23-12-7-5-11(6-8-12)22-14(13-4-2-3-9-20-13)10-15(21-22)16(17,18)19/h2-10H,1H3. The third-order valence-corrected chi connectivity index (χ3v) is 3.24. The summed E-state index contributed by atoms with van der Waals surface area (Å²) in [6.45, 7) is 0. The summed E-state index contributed by atoms with van der Waals surface area (Å²) in [6.07, 6.45) is -3.00. The van der Waals surface area contributed by atoms with Crippen LogP contribution in [0, 0.1) is 0 Å². The number of hydrogen-bond acceptors (Lipinski definition) is 3. The molecule has 2 heterocycles. The Hall–Kier alpha value is -2.83. The highest BCUT2D eigenvalue weighted by Crippen LogP contribution is 2.32. The molecule has 23 heavy (non-hydrogen) atoms. The lowest BCUT2D eigenvalue weighted by atomic mass is 10.2. The van der Waals surface area contributed by atoms with Crippen LogP contribution in [0.15, 0.2) is 54.7 Å². The van der Waals surface area contributed by atoms with Crippen LogP contribution in [0.3, 0.4) is 0 Å². The summed E-state index contributed by atoms with van der Waals surface area (Å²) in [5.41, 5.74) is 0.199. The highest BCUT2D eigenvalue weighted by atomic mass is 19.4. The van der Waals surface area contributed by atoms with Crippen LogP contribution in [0.25, 0.3) is 17.1 Å². The van der Waals surface area contributed by atoms with Crippen molar-refractivity contribution in [2.75, 3.05) is 7.11 Å². The van der Waals surface area contributed by atoms with Crippen LogP contribution in [0.4, 0.5) is 13.2 Å². The summed E-state index contributed by atoms with van der Waals surface area (Å²) in [6, 6.07) is 12.6. The van der Waals surface area contributed by atoms with Gasteiger partial charge < -0.3 is 4.74 Å². The van der Waals surface area contributed by atoms with Crippen molar-refractivity contribution in [3.63, 3.8) is 0 Å². The fourth-order valence-electron chi connectivity index (χ4n) is 2.14. The maximum absolute atomic E-state index is 13.0. The Morgan fingerprint density at radius 3 is 2.35 bits per heavy atom. The highest BCUT2D eigenvalue weighted by molar-refractivity contribution is 5.59. The largest absolute Gasteiger partial charge is 0.497 e. The Kier molecular flexibility index (Phi) is 3.77. The van der Waals surface area contributed by atoms with Gasteiger partial charge in [-0.15, -0.1) is 0 Å². The first-order valence-electron chi connectivity index (χ1n) is 6.72. The zero-order valence-corrected chi connectivity index (χ0v) is 12.1. The molecule has 0 aliphatic heterocycles. The molecule has 0 atom stereocenters. The van der Waals surface area contributed by atoms with Gasteiger partial charge in [0.05, 0.1) is 24.2 Å². The molecule has 0 radical (unpaired) electrons. The van der Waals surface area contributed by atoms with Crippen LogP contribution in [0.5, 0.6) is 5.75 Å². The first-order valence-corrected chi connectivity index (χ1v) is 6.72. The quantitative estimate of drug-likeness (QED) is 0.733. The van der Waals surface area contributed by atoms with Crippen molar-refractivity contribution in [2.24, 2.45) is 0 Å². The van der Waals surface area contributed by atoms with Crippen molar-refractivity contribution in [3.8, 4) is 22.8 Å². The van der Waals surface area contributed by atoms with Crippen molar-refractivity contribution in [1.29, 1.82) is 0 Å². The number of pyridine rings is 1. The number of methoxy groups -OCH3 is 1. The van der Waals surface area contributed by atoms with Crippen molar-refractivity contribution in [3.05, 3.63) is 60.4 Å². The minimum atomic E-state index is -4.53. The molecule has 0 saturated heterocycles. The average molecular weight is 319 g/mol. The van der Waals surface area contributed by atoms with E-state index in [2.05, 4.69) is 10.1 Å². The number of hydrogen-bond donors (Lipinski definition) is 0. The summed E-state index contributed by atoms with van der Waals surface area (Å²) in [5.74, 6) is 0.608. The van der Waals surface area contributed by atoms with Crippen molar-refractivity contribution < 1.29 is 17.9 Å². The van der Waals surface area contributed by atoms with E-state index in [0.717, 1.165) is 6.07 Å². The number of alkyl halides is 3. The monoisotopic (exact) mass is 319 g/mol. The first kappa shape index (κ1) is 15.1. The minimum absolute atomic E-state index is 0.267. The molecule has 0 amide bonds. The van der Waals surface area contributed by atoms with E-state index in [0.29, 0.717) is 17.1 Å². The highest BCUT2D eigenvalue weighted by Gasteiger charge is 2.35. The van der Waals surface area contributed by atoms with Crippen LogP contribution in [-0.4, -0.2) is 21.9 Å². The SMILES string of the molecule is COc1ccc(-n2nc(C(F)(F)F)cc2-c2ccccn2)cc1. The average Bonchev–Trinajstić information content (AvgIpc) is 3.01. The van der Waals surface area contributed by atoms with Gasteiger partial charge in [0.1, 0.15) is 5.75 Å². The van der Waals surface area contributed by atoms with Gasteiger partial charge in [-0.3, -0.25) is 4.98 Å². The molecule has 0 fully saturated rings. The Labute approximate surface area is 130 Å².